The number of hydrogen-bond acceptors (Lipinski definition) is 7. The Labute approximate surface area is 205 Å². The molecule has 0 bridgehead atoms. The van der Waals surface area contributed by atoms with Gasteiger partial charge >= 0.3 is 0 Å². The number of sulfonamides is 1. The Kier molecular flexibility index (Phi) is 6.55. The molecule has 35 heavy (non-hydrogen) atoms. The highest BCUT2D eigenvalue weighted by Gasteiger charge is 2.24. The summed E-state index contributed by atoms with van der Waals surface area (Å²) < 4.78 is 48.8. The maximum Gasteiger partial charge on any atom is 0.267 e. The Morgan fingerprint density at radius 2 is 1.89 bits per heavy atom. The molecule has 0 radical (unpaired) electrons. The van der Waals surface area contributed by atoms with Gasteiger partial charge in [-0.2, -0.15) is 0 Å². The third kappa shape index (κ3) is 5.00. The van der Waals surface area contributed by atoms with Gasteiger partial charge in [-0.1, -0.05) is 23.7 Å². The fraction of sp³-hybridized carbons (Fsp3) is 0.130. The van der Waals surface area contributed by atoms with Crippen LogP contribution in [-0.2, 0) is 14.8 Å². The molecule has 2 N–H and O–H groups in total. The van der Waals surface area contributed by atoms with Crippen LogP contribution in [0.5, 0.6) is 5.88 Å². The van der Waals surface area contributed by atoms with Gasteiger partial charge in [-0.15, -0.1) is 0 Å². The number of benzene rings is 1. The topological polar surface area (TPSA) is 123 Å². The third-order valence-electron chi connectivity index (χ3n) is 4.99. The molecule has 1 aromatic carbocycles. The number of carbonyl (C=O) groups is 1. The lowest BCUT2D eigenvalue weighted by Crippen LogP contribution is -2.16. The van der Waals surface area contributed by atoms with Gasteiger partial charge < -0.3 is 10.1 Å². The van der Waals surface area contributed by atoms with Crippen LogP contribution in [0.1, 0.15) is 12.6 Å². The third-order valence-corrected chi connectivity index (χ3v) is 6.56. The SMILES string of the molecule is COc1ncc(Cl)cc1S(=O)(=O)Nc1cccc(-c2cc3cnc(NC(C)=O)cc3nc2C)c1F. The second-order valence-corrected chi connectivity index (χ2v) is 9.59. The van der Waals surface area contributed by atoms with Crippen LogP contribution in [0.4, 0.5) is 15.9 Å². The van der Waals surface area contributed by atoms with Crippen molar-refractivity contribution in [3.8, 4) is 17.0 Å². The monoisotopic (exact) mass is 515 g/mol. The molecular formula is C23H19ClFN5O4S. The minimum atomic E-state index is -4.28. The zero-order valence-electron chi connectivity index (χ0n) is 18.8. The predicted octanol–water partition coefficient (Wildman–Crippen LogP) is 4.56. The number of aromatic nitrogens is 3. The largest absolute Gasteiger partial charge is 0.480 e. The number of ether oxygens (including phenoxy) is 1. The molecule has 3 heterocycles. The van der Waals surface area contributed by atoms with Gasteiger partial charge in [0.05, 0.1) is 23.3 Å². The summed E-state index contributed by atoms with van der Waals surface area (Å²) in [5, 5.41) is 3.28. The number of rotatable bonds is 6. The van der Waals surface area contributed by atoms with Crippen LogP contribution in [0.3, 0.4) is 0 Å². The standard InChI is InChI=1S/C23H19ClFN5O4S/c1-12-17(7-14-10-26-21(29-13(2)31)9-19(14)28-12)16-5-4-6-18(22(16)25)30-35(32,33)20-8-15(24)11-27-23(20)34-3/h4-11,30H,1-3H3,(H,26,29,31). The molecular weight excluding hydrogens is 497 g/mol. The first-order valence-corrected chi connectivity index (χ1v) is 12.0. The minimum Gasteiger partial charge on any atom is -0.480 e. The van der Waals surface area contributed by atoms with Gasteiger partial charge in [0, 0.05) is 47.6 Å². The summed E-state index contributed by atoms with van der Waals surface area (Å²) in [5.41, 5.74) is 1.37. The van der Waals surface area contributed by atoms with Crippen LogP contribution in [-0.4, -0.2) is 36.4 Å². The number of nitrogens with zero attached hydrogens (tertiary/aromatic N) is 3. The van der Waals surface area contributed by atoms with Gasteiger partial charge in [0.15, 0.2) is 10.7 Å². The van der Waals surface area contributed by atoms with Gasteiger partial charge in [0.25, 0.3) is 10.0 Å². The minimum absolute atomic E-state index is 0.0773. The molecule has 0 unspecified atom stereocenters. The quantitative estimate of drug-likeness (QED) is 0.386. The van der Waals surface area contributed by atoms with E-state index >= 15 is 4.39 Å². The summed E-state index contributed by atoms with van der Waals surface area (Å²) in [5.74, 6) is -0.896. The summed E-state index contributed by atoms with van der Waals surface area (Å²) in [6.07, 6.45) is 2.75. The molecule has 0 aliphatic carbocycles. The lowest BCUT2D eigenvalue weighted by atomic mass is 10.0. The van der Waals surface area contributed by atoms with Crippen LogP contribution < -0.4 is 14.8 Å². The predicted molar refractivity (Wildman–Crippen MR) is 131 cm³/mol. The molecule has 0 saturated carbocycles. The van der Waals surface area contributed by atoms with E-state index in [0.717, 1.165) is 6.07 Å². The summed E-state index contributed by atoms with van der Waals surface area (Å²) in [6, 6.07) is 8.81. The Morgan fingerprint density at radius 3 is 2.60 bits per heavy atom. The van der Waals surface area contributed by atoms with Crippen molar-refractivity contribution in [2.45, 2.75) is 18.7 Å². The van der Waals surface area contributed by atoms with Crippen LogP contribution in [0.15, 0.2) is 53.7 Å². The lowest BCUT2D eigenvalue weighted by Gasteiger charge is -2.14. The molecule has 0 aliphatic rings. The van der Waals surface area contributed by atoms with Crippen molar-refractivity contribution < 1.29 is 22.3 Å². The first kappa shape index (κ1) is 24.3. The van der Waals surface area contributed by atoms with Gasteiger partial charge in [-0.05, 0) is 25.1 Å². The van der Waals surface area contributed by atoms with Crippen LogP contribution in [0.25, 0.3) is 22.0 Å². The van der Waals surface area contributed by atoms with E-state index in [1.165, 1.54) is 44.6 Å². The van der Waals surface area contributed by atoms with Gasteiger partial charge in [0.1, 0.15) is 5.82 Å². The van der Waals surface area contributed by atoms with Gasteiger partial charge in [-0.3, -0.25) is 14.5 Å². The highest BCUT2D eigenvalue weighted by atomic mass is 35.5. The molecule has 0 saturated heterocycles. The number of pyridine rings is 3. The fourth-order valence-electron chi connectivity index (χ4n) is 3.46. The van der Waals surface area contributed by atoms with Gasteiger partial charge in [-0.25, -0.2) is 22.8 Å². The number of amides is 1. The van der Waals surface area contributed by atoms with Crippen molar-refractivity contribution in [1.82, 2.24) is 15.0 Å². The first-order valence-electron chi connectivity index (χ1n) is 10.2. The normalized spacial score (nSPS) is 11.3. The smallest absolute Gasteiger partial charge is 0.267 e. The number of halogens is 2. The first-order chi connectivity index (χ1) is 16.6. The Hall–Kier alpha value is -3.83. The molecule has 4 rings (SSSR count). The van der Waals surface area contributed by atoms with Crippen molar-refractivity contribution in [3.63, 3.8) is 0 Å². The number of hydrogen-bond donors (Lipinski definition) is 2. The Bertz CT molecular complexity index is 1580. The molecule has 4 aromatic rings. The zero-order chi connectivity index (χ0) is 25.3. The molecule has 1 amide bonds. The van der Waals surface area contributed by atoms with Gasteiger partial charge in [0.2, 0.25) is 11.8 Å². The number of anilines is 2. The maximum absolute atomic E-state index is 15.6. The summed E-state index contributed by atoms with van der Waals surface area (Å²) in [4.78, 5) is 23.5. The van der Waals surface area contributed by atoms with E-state index in [1.54, 1.807) is 19.1 Å². The summed E-state index contributed by atoms with van der Waals surface area (Å²) >= 11 is 5.90. The van der Waals surface area contributed by atoms with E-state index in [9.17, 15) is 13.2 Å². The van der Waals surface area contributed by atoms with Crippen molar-refractivity contribution in [3.05, 3.63) is 65.3 Å². The number of methoxy groups -OCH3 is 1. The second-order valence-electron chi connectivity index (χ2n) is 7.50. The molecule has 180 valence electrons. The van der Waals surface area contributed by atoms with E-state index in [2.05, 4.69) is 25.0 Å². The van der Waals surface area contributed by atoms with E-state index in [4.69, 9.17) is 16.3 Å². The Balaban J connectivity index is 1.75. The average Bonchev–Trinajstić information content (AvgIpc) is 2.79. The molecule has 3 aromatic heterocycles. The van der Waals surface area contributed by atoms with Crippen molar-refractivity contribution in [1.29, 1.82) is 0 Å². The number of aryl methyl sites for hydroxylation is 1. The van der Waals surface area contributed by atoms with Crippen molar-refractivity contribution in [2.75, 3.05) is 17.1 Å². The molecule has 0 fully saturated rings. The highest BCUT2D eigenvalue weighted by Crippen LogP contribution is 2.33. The molecule has 0 aliphatic heterocycles. The van der Waals surface area contributed by atoms with E-state index < -0.39 is 15.8 Å². The second kappa shape index (κ2) is 9.43. The highest BCUT2D eigenvalue weighted by molar-refractivity contribution is 7.92. The van der Waals surface area contributed by atoms with Crippen LogP contribution in [0.2, 0.25) is 5.02 Å². The summed E-state index contributed by atoms with van der Waals surface area (Å²) in [6.45, 7) is 3.07. The van der Waals surface area contributed by atoms with E-state index in [0.29, 0.717) is 28.0 Å². The van der Waals surface area contributed by atoms with E-state index in [1.807, 2.05) is 0 Å². The fourth-order valence-corrected chi connectivity index (χ4v) is 4.89. The molecule has 9 nitrogen and oxygen atoms in total. The number of nitrogens with one attached hydrogen (secondary N) is 2. The average molecular weight is 516 g/mol. The summed E-state index contributed by atoms with van der Waals surface area (Å²) in [7, 11) is -3.02. The van der Waals surface area contributed by atoms with Crippen molar-refractivity contribution >= 4 is 49.9 Å². The number of carbonyl (C=O) groups excluding carboxylic acids is 1. The van der Waals surface area contributed by atoms with Crippen LogP contribution in [0, 0.1) is 12.7 Å². The Morgan fingerprint density at radius 1 is 1.11 bits per heavy atom. The van der Waals surface area contributed by atoms with Crippen LogP contribution >= 0.6 is 11.6 Å². The lowest BCUT2D eigenvalue weighted by molar-refractivity contribution is -0.114. The maximum atomic E-state index is 15.6. The number of fused-ring (bicyclic) bond motifs is 1. The van der Waals surface area contributed by atoms with E-state index in [-0.39, 0.29) is 33.0 Å². The van der Waals surface area contributed by atoms with Crippen molar-refractivity contribution in [2.24, 2.45) is 0 Å². The molecule has 0 spiro atoms. The molecule has 0 atom stereocenters. The molecule has 12 heteroatoms. The zero-order valence-corrected chi connectivity index (χ0v) is 20.3.